The number of rotatable bonds is 6. The first-order chi connectivity index (χ1) is 14.4. The van der Waals surface area contributed by atoms with Crippen LogP contribution in [0.15, 0.2) is 64.5 Å². The molecule has 4 rings (SSSR count). The molecule has 1 aliphatic rings. The number of carbonyl (C=O) groups excluding carboxylic acids is 2. The highest BCUT2D eigenvalue weighted by Gasteiger charge is 2.44. The number of carbonyl (C=O) groups is 2. The molecule has 3 heterocycles. The third-order valence-corrected chi connectivity index (χ3v) is 5.27. The molecule has 154 valence electrons. The standard InChI is InChI=1S/C22H20ClN3O4/c1-25(2)8-9-26-19(13-4-3-7-24-12-13)18(21(28)22(26)29)20(27)17-11-14-10-15(23)5-6-16(14)30-17/h3-7,10-12,19,28H,8-9H2,1-2H3. The maximum Gasteiger partial charge on any atom is 0.290 e. The first kappa shape index (κ1) is 20.1. The van der Waals surface area contributed by atoms with E-state index in [-0.39, 0.29) is 11.3 Å². The second-order valence-electron chi connectivity index (χ2n) is 7.37. The number of hydrogen-bond acceptors (Lipinski definition) is 6. The molecule has 0 aliphatic carbocycles. The summed E-state index contributed by atoms with van der Waals surface area (Å²) in [5.41, 5.74) is 1.11. The highest BCUT2D eigenvalue weighted by Crippen LogP contribution is 2.39. The van der Waals surface area contributed by atoms with Crippen molar-refractivity contribution in [2.24, 2.45) is 0 Å². The molecule has 3 aromatic rings. The number of furan rings is 1. The number of hydrogen-bond donors (Lipinski definition) is 1. The number of aromatic nitrogens is 1. The van der Waals surface area contributed by atoms with E-state index in [1.165, 1.54) is 4.90 Å². The third-order valence-electron chi connectivity index (χ3n) is 5.04. The first-order valence-corrected chi connectivity index (χ1v) is 9.77. The molecule has 0 spiro atoms. The number of aliphatic hydroxyl groups is 1. The number of pyridine rings is 1. The number of Topliss-reactive ketones (excluding diaryl/α,β-unsaturated/α-hetero) is 1. The predicted octanol–water partition coefficient (Wildman–Crippen LogP) is 3.62. The van der Waals surface area contributed by atoms with Crippen molar-refractivity contribution >= 4 is 34.3 Å². The number of benzene rings is 1. The van der Waals surface area contributed by atoms with Crippen LogP contribution >= 0.6 is 11.6 Å². The second kappa shape index (κ2) is 7.93. The van der Waals surface area contributed by atoms with Gasteiger partial charge in [0.25, 0.3) is 5.91 Å². The van der Waals surface area contributed by atoms with Crippen LogP contribution in [0.5, 0.6) is 0 Å². The van der Waals surface area contributed by atoms with Crippen LogP contribution in [-0.2, 0) is 4.79 Å². The SMILES string of the molecule is CN(C)CCN1C(=O)C(O)=C(C(=O)c2cc3cc(Cl)ccc3o2)C1c1cccnc1. The Morgan fingerprint density at radius 2 is 2.10 bits per heavy atom. The summed E-state index contributed by atoms with van der Waals surface area (Å²) in [5.74, 6) is -1.67. The molecule has 30 heavy (non-hydrogen) atoms. The monoisotopic (exact) mass is 425 g/mol. The molecule has 1 atom stereocenters. The number of aliphatic hydroxyl groups excluding tert-OH is 1. The Morgan fingerprint density at radius 3 is 2.80 bits per heavy atom. The minimum atomic E-state index is -0.754. The van der Waals surface area contributed by atoms with E-state index >= 15 is 0 Å². The molecule has 8 heteroatoms. The van der Waals surface area contributed by atoms with Gasteiger partial charge in [0.15, 0.2) is 11.5 Å². The summed E-state index contributed by atoms with van der Waals surface area (Å²) in [4.78, 5) is 33.7. The fourth-order valence-corrected chi connectivity index (χ4v) is 3.75. The van der Waals surface area contributed by atoms with Crippen LogP contribution in [0.1, 0.15) is 22.2 Å². The molecule has 0 saturated carbocycles. The number of halogens is 1. The van der Waals surface area contributed by atoms with Gasteiger partial charge in [-0.1, -0.05) is 17.7 Å². The maximum atomic E-state index is 13.4. The van der Waals surface area contributed by atoms with Crippen molar-refractivity contribution in [1.82, 2.24) is 14.8 Å². The zero-order valence-electron chi connectivity index (χ0n) is 16.5. The average molecular weight is 426 g/mol. The third kappa shape index (κ3) is 3.58. The van der Waals surface area contributed by atoms with Crippen molar-refractivity contribution in [3.05, 3.63) is 76.5 Å². The molecule has 0 saturated heterocycles. The van der Waals surface area contributed by atoms with E-state index in [4.69, 9.17) is 16.0 Å². The van der Waals surface area contributed by atoms with E-state index in [2.05, 4.69) is 4.98 Å². The fourth-order valence-electron chi connectivity index (χ4n) is 3.57. The van der Waals surface area contributed by atoms with Crippen LogP contribution in [-0.4, -0.2) is 58.8 Å². The molecular formula is C22H20ClN3O4. The summed E-state index contributed by atoms with van der Waals surface area (Å²) in [6.07, 6.45) is 3.20. The Kier molecular flexibility index (Phi) is 5.32. The smallest absolute Gasteiger partial charge is 0.290 e. The van der Waals surface area contributed by atoms with Crippen LogP contribution in [0.4, 0.5) is 0 Å². The van der Waals surface area contributed by atoms with Gasteiger partial charge in [0, 0.05) is 35.9 Å². The van der Waals surface area contributed by atoms with Gasteiger partial charge in [-0.2, -0.15) is 0 Å². The van der Waals surface area contributed by atoms with Crippen LogP contribution in [0, 0.1) is 0 Å². The van der Waals surface area contributed by atoms with Crippen LogP contribution in [0.2, 0.25) is 5.02 Å². The zero-order chi connectivity index (χ0) is 21.4. The van der Waals surface area contributed by atoms with E-state index in [0.717, 1.165) is 0 Å². The van der Waals surface area contributed by atoms with Gasteiger partial charge in [-0.3, -0.25) is 14.6 Å². The minimum absolute atomic E-state index is 0.0168. The summed E-state index contributed by atoms with van der Waals surface area (Å²) < 4.78 is 5.69. The zero-order valence-corrected chi connectivity index (χ0v) is 17.3. The Balaban J connectivity index is 1.78. The van der Waals surface area contributed by atoms with Crippen molar-refractivity contribution in [3.63, 3.8) is 0 Å². The molecule has 1 aliphatic heterocycles. The fraction of sp³-hybridized carbons (Fsp3) is 0.227. The summed E-state index contributed by atoms with van der Waals surface area (Å²) >= 11 is 6.02. The lowest BCUT2D eigenvalue weighted by Crippen LogP contribution is -2.36. The summed E-state index contributed by atoms with van der Waals surface area (Å²) in [6.45, 7) is 0.905. The van der Waals surface area contributed by atoms with Gasteiger partial charge >= 0.3 is 0 Å². The Bertz CT molecular complexity index is 1150. The van der Waals surface area contributed by atoms with E-state index in [0.29, 0.717) is 34.6 Å². The lowest BCUT2D eigenvalue weighted by molar-refractivity contribution is -0.129. The van der Waals surface area contributed by atoms with Gasteiger partial charge in [-0.15, -0.1) is 0 Å². The lowest BCUT2D eigenvalue weighted by atomic mass is 9.96. The van der Waals surface area contributed by atoms with Gasteiger partial charge in [0.05, 0.1) is 11.6 Å². The Hall–Kier alpha value is -3.16. The first-order valence-electron chi connectivity index (χ1n) is 9.39. The molecule has 0 radical (unpaired) electrons. The molecule has 1 aromatic carbocycles. The van der Waals surface area contributed by atoms with Crippen LogP contribution in [0.25, 0.3) is 11.0 Å². The molecular weight excluding hydrogens is 406 g/mol. The number of nitrogens with zero attached hydrogens (tertiary/aromatic N) is 3. The van der Waals surface area contributed by atoms with Gasteiger partial charge in [-0.25, -0.2) is 0 Å². The highest BCUT2D eigenvalue weighted by molar-refractivity contribution is 6.31. The number of ketones is 1. The van der Waals surface area contributed by atoms with Crippen molar-refractivity contribution in [2.75, 3.05) is 27.2 Å². The van der Waals surface area contributed by atoms with Crippen molar-refractivity contribution < 1.29 is 19.1 Å². The molecule has 7 nitrogen and oxygen atoms in total. The van der Waals surface area contributed by atoms with Crippen molar-refractivity contribution in [3.8, 4) is 0 Å². The van der Waals surface area contributed by atoms with Crippen LogP contribution < -0.4 is 0 Å². The topological polar surface area (TPSA) is 86.9 Å². The number of likely N-dealkylation sites (N-methyl/N-ethyl adjacent to an activating group) is 1. The van der Waals surface area contributed by atoms with Crippen molar-refractivity contribution in [1.29, 1.82) is 0 Å². The lowest BCUT2D eigenvalue weighted by Gasteiger charge is -2.27. The largest absolute Gasteiger partial charge is 0.503 e. The average Bonchev–Trinajstić information content (AvgIpc) is 3.25. The maximum absolute atomic E-state index is 13.4. The Labute approximate surface area is 178 Å². The molecule has 2 aromatic heterocycles. The molecule has 1 amide bonds. The quantitative estimate of drug-likeness (QED) is 0.607. The van der Waals surface area contributed by atoms with Crippen LogP contribution in [0.3, 0.4) is 0 Å². The van der Waals surface area contributed by atoms with Gasteiger partial charge < -0.3 is 19.3 Å². The van der Waals surface area contributed by atoms with Gasteiger partial charge in [0.1, 0.15) is 5.58 Å². The van der Waals surface area contributed by atoms with E-state index in [1.54, 1.807) is 48.8 Å². The Morgan fingerprint density at radius 1 is 1.30 bits per heavy atom. The number of fused-ring (bicyclic) bond motifs is 1. The molecule has 1 N–H and O–H groups in total. The second-order valence-corrected chi connectivity index (χ2v) is 7.81. The minimum Gasteiger partial charge on any atom is -0.503 e. The summed E-state index contributed by atoms with van der Waals surface area (Å²) in [6, 6.07) is 9.34. The molecule has 1 unspecified atom stereocenters. The van der Waals surface area contributed by atoms with Gasteiger partial charge in [0.2, 0.25) is 5.78 Å². The number of amides is 1. The molecule has 0 bridgehead atoms. The predicted molar refractivity (Wildman–Crippen MR) is 112 cm³/mol. The summed E-state index contributed by atoms with van der Waals surface area (Å²) in [7, 11) is 3.77. The molecule has 0 fully saturated rings. The van der Waals surface area contributed by atoms with Gasteiger partial charge in [-0.05, 0) is 50.0 Å². The van der Waals surface area contributed by atoms with E-state index < -0.39 is 23.5 Å². The normalized spacial score (nSPS) is 16.9. The highest BCUT2D eigenvalue weighted by atomic mass is 35.5. The van der Waals surface area contributed by atoms with E-state index in [1.807, 2.05) is 19.0 Å². The van der Waals surface area contributed by atoms with E-state index in [9.17, 15) is 14.7 Å². The van der Waals surface area contributed by atoms with Crippen molar-refractivity contribution in [2.45, 2.75) is 6.04 Å². The summed E-state index contributed by atoms with van der Waals surface area (Å²) in [5, 5.41) is 11.8.